The average molecular weight is 317 g/mol. The number of rotatable bonds is 6. The molecule has 0 aliphatic heterocycles. The highest BCUT2D eigenvalue weighted by Crippen LogP contribution is 2.25. The van der Waals surface area contributed by atoms with Crippen LogP contribution >= 0.6 is 0 Å². The van der Waals surface area contributed by atoms with Crippen LogP contribution in [0.3, 0.4) is 0 Å². The van der Waals surface area contributed by atoms with Crippen molar-refractivity contribution in [2.75, 3.05) is 11.8 Å². The van der Waals surface area contributed by atoms with Gasteiger partial charge in [-0.1, -0.05) is 23.8 Å². The van der Waals surface area contributed by atoms with Crippen molar-refractivity contribution >= 4 is 15.7 Å². The van der Waals surface area contributed by atoms with E-state index in [0.717, 1.165) is 11.1 Å². The molecule has 0 bridgehead atoms. The van der Waals surface area contributed by atoms with Crippen LogP contribution in [-0.2, 0) is 16.4 Å². The number of anilines is 1. The second-order valence-electron chi connectivity index (χ2n) is 4.93. The van der Waals surface area contributed by atoms with Gasteiger partial charge in [0.1, 0.15) is 5.75 Å². The summed E-state index contributed by atoms with van der Waals surface area (Å²) in [6.07, 6.45) is 2.27. The summed E-state index contributed by atoms with van der Waals surface area (Å²) in [4.78, 5) is 0.235. The van der Waals surface area contributed by atoms with Crippen molar-refractivity contribution in [3.8, 4) is 5.75 Å². The Kier molecular flexibility index (Phi) is 4.88. The van der Waals surface area contributed by atoms with Crippen molar-refractivity contribution in [2.24, 2.45) is 0 Å². The zero-order valence-electron chi connectivity index (χ0n) is 12.7. The minimum absolute atomic E-state index is 0.235. The number of sulfonamides is 1. The van der Waals surface area contributed by atoms with Crippen LogP contribution in [0.25, 0.3) is 0 Å². The lowest BCUT2D eigenvalue weighted by Gasteiger charge is -2.13. The summed E-state index contributed by atoms with van der Waals surface area (Å²) in [6.45, 7) is 5.61. The maximum absolute atomic E-state index is 12.5. The molecule has 0 aliphatic carbocycles. The molecule has 5 heteroatoms. The zero-order valence-corrected chi connectivity index (χ0v) is 13.5. The van der Waals surface area contributed by atoms with Crippen LogP contribution in [0.5, 0.6) is 5.75 Å². The van der Waals surface area contributed by atoms with Gasteiger partial charge in [-0.05, 0) is 49.2 Å². The lowest BCUT2D eigenvalue weighted by atomic mass is 10.1. The van der Waals surface area contributed by atoms with Gasteiger partial charge < -0.3 is 4.74 Å². The molecular formula is C17H19NO3S. The Morgan fingerprint density at radius 3 is 2.45 bits per heavy atom. The Hall–Kier alpha value is -2.27. The van der Waals surface area contributed by atoms with Gasteiger partial charge in [-0.2, -0.15) is 0 Å². The van der Waals surface area contributed by atoms with Crippen LogP contribution in [0.1, 0.15) is 11.1 Å². The standard InChI is InChI=1S/C17H19NO3S/c1-4-5-14-12-15(21-3)8-11-17(14)18-22(19,20)16-9-6-13(2)7-10-16/h4,6-12,18H,1,5H2,2-3H3. The van der Waals surface area contributed by atoms with Crippen LogP contribution in [0.2, 0.25) is 0 Å². The predicted molar refractivity (Wildman–Crippen MR) is 88.9 cm³/mol. The Morgan fingerprint density at radius 1 is 1.18 bits per heavy atom. The Morgan fingerprint density at radius 2 is 1.86 bits per heavy atom. The molecule has 0 atom stereocenters. The molecule has 22 heavy (non-hydrogen) atoms. The molecule has 0 aromatic heterocycles. The molecule has 0 heterocycles. The molecule has 0 saturated carbocycles. The van der Waals surface area contributed by atoms with E-state index in [1.54, 1.807) is 55.7 Å². The van der Waals surface area contributed by atoms with E-state index in [9.17, 15) is 8.42 Å². The monoisotopic (exact) mass is 317 g/mol. The molecule has 0 aliphatic rings. The summed E-state index contributed by atoms with van der Waals surface area (Å²) < 4.78 is 32.7. The average Bonchev–Trinajstić information content (AvgIpc) is 2.49. The fraction of sp³-hybridized carbons (Fsp3) is 0.176. The first kappa shape index (κ1) is 16.1. The first-order valence-electron chi connectivity index (χ1n) is 6.83. The topological polar surface area (TPSA) is 55.4 Å². The van der Waals surface area contributed by atoms with Crippen molar-refractivity contribution in [2.45, 2.75) is 18.2 Å². The summed E-state index contributed by atoms with van der Waals surface area (Å²) in [6, 6.07) is 11.9. The van der Waals surface area contributed by atoms with Crippen molar-refractivity contribution in [3.63, 3.8) is 0 Å². The number of benzene rings is 2. The highest BCUT2D eigenvalue weighted by Gasteiger charge is 2.16. The molecule has 2 aromatic carbocycles. The Balaban J connectivity index is 2.36. The molecule has 0 saturated heterocycles. The van der Waals surface area contributed by atoms with E-state index >= 15 is 0 Å². The molecule has 2 rings (SSSR count). The van der Waals surface area contributed by atoms with E-state index in [1.165, 1.54) is 0 Å². The number of methoxy groups -OCH3 is 1. The van der Waals surface area contributed by atoms with Crippen LogP contribution in [0, 0.1) is 6.92 Å². The highest BCUT2D eigenvalue weighted by atomic mass is 32.2. The molecule has 1 N–H and O–H groups in total. The predicted octanol–water partition coefficient (Wildman–Crippen LogP) is 3.53. The van der Waals surface area contributed by atoms with Gasteiger partial charge in [-0.25, -0.2) is 8.42 Å². The van der Waals surface area contributed by atoms with E-state index < -0.39 is 10.0 Å². The number of nitrogens with one attached hydrogen (secondary N) is 1. The lowest BCUT2D eigenvalue weighted by molar-refractivity contribution is 0.414. The minimum atomic E-state index is -3.62. The van der Waals surface area contributed by atoms with E-state index in [0.29, 0.717) is 17.9 Å². The zero-order chi connectivity index (χ0) is 16.2. The molecular weight excluding hydrogens is 298 g/mol. The van der Waals surface area contributed by atoms with Gasteiger partial charge in [-0.15, -0.1) is 6.58 Å². The molecule has 0 fully saturated rings. The molecule has 0 spiro atoms. The number of ether oxygens (including phenoxy) is 1. The van der Waals surface area contributed by atoms with E-state index in [1.807, 2.05) is 6.92 Å². The van der Waals surface area contributed by atoms with Crippen LogP contribution in [-0.4, -0.2) is 15.5 Å². The van der Waals surface area contributed by atoms with Gasteiger partial charge in [-0.3, -0.25) is 4.72 Å². The summed E-state index contributed by atoms with van der Waals surface area (Å²) >= 11 is 0. The SMILES string of the molecule is C=CCc1cc(OC)ccc1NS(=O)(=O)c1ccc(C)cc1. The summed E-state index contributed by atoms with van der Waals surface area (Å²) in [5.41, 5.74) is 2.35. The maximum Gasteiger partial charge on any atom is 0.261 e. The second-order valence-corrected chi connectivity index (χ2v) is 6.62. The van der Waals surface area contributed by atoms with Crippen LogP contribution in [0.4, 0.5) is 5.69 Å². The summed E-state index contributed by atoms with van der Waals surface area (Å²) in [5, 5.41) is 0. The van der Waals surface area contributed by atoms with Gasteiger partial charge in [0.15, 0.2) is 0 Å². The fourth-order valence-electron chi connectivity index (χ4n) is 2.04. The summed E-state index contributed by atoms with van der Waals surface area (Å²) in [5.74, 6) is 0.676. The molecule has 2 aromatic rings. The van der Waals surface area contributed by atoms with Crippen molar-refractivity contribution in [1.29, 1.82) is 0 Å². The van der Waals surface area contributed by atoms with Crippen molar-refractivity contribution in [1.82, 2.24) is 0 Å². The number of allylic oxidation sites excluding steroid dienone is 1. The normalized spacial score (nSPS) is 11.0. The fourth-order valence-corrected chi connectivity index (χ4v) is 3.14. The maximum atomic E-state index is 12.5. The third kappa shape index (κ3) is 3.68. The van der Waals surface area contributed by atoms with E-state index in [4.69, 9.17) is 4.74 Å². The largest absolute Gasteiger partial charge is 0.497 e. The molecule has 4 nitrogen and oxygen atoms in total. The molecule has 0 unspecified atom stereocenters. The Bertz CT molecular complexity index is 765. The number of hydrogen-bond acceptors (Lipinski definition) is 3. The third-order valence-electron chi connectivity index (χ3n) is 3.25. The highest BCUT2D eigenvalue weighted by molar-refractivity contribution is 7.92. The van der Waals surface area contributed by atoms with Crippen molar-refractivity contribution in [3.05, 3.63) is 66.2 Å². The summed E-state index contributed by atoms with van der Waals surface area (Å²) in [7, 11) is -2.04. The van der Waals surface area contributed by atoms with Gasteiger partial charge in [0.25, 0.3) is 10.0 Å². The first-order chi connectivity index (χ1) is 10.5. The first-order valence-corrected chi connectivity index (χ1v) is 8.32. The van der Waals surface area contributed by atoms with Gasteiger partial charge in [0.05, 0.1) is 17.7 Å². The number of hydrogen-bond donors (Lipinski definition) is 1. The lowest BCUT2D eigenvalue weighted by Crippen LogP contribution is -2.14. The number of aryl methyl sites for hydroxylation is 1. The van der Waals surface area contributed by atoms with Gasteiger partial charge >= 0.3 is 0 Å². The van der Waals surface area contributed by atoms with Crippen LogP contribution < -0.4 is 9.46 Å². The van der Waals surface area contributed by atoms with Gasteiger partial charge in [0.2, 0.25) is 0 Å². The van der Waals surface area contributed by atoms with E-state index in [2.05, 4.69) is 11.3 Å². The van der Waals surface area contributed by atoms with Gasteiger partial charge in [0, 0.05) is 0 Å². The van der Waals surface area contributed by atoms with Crippen molar-refractivity contribution < 1.29 is 13.2 Å². The third-order valence-corrected chi connectivity index (χ3v) is 4.63. The smallest absolute Gasteiger partial charge is 0.261 e. The van der Waals surface area contributed by atoms with Crippen LogP contribution in [0.15, 0.2) is 60.0 Å². The molecule has 0 amide bonds. The molecule has 0 radical (unpaired) electrons. The second kappa shape index (κ2) is 6.66. The van der Waals surface area contributed by atoms with E-state index in [-0.39, 0.29) is 4.90 Å². The Labute approximate surface area is 131 Å². The minimum Gasteiger partial charge on any atom is -0.497 e. The molecule has 116 valence electrons. The quantitative estimate of drug-likeness (QED) is 0.829.